The van der Waals surface area contributed by atoms with Crippen LogP contribution in [0.1, 0.15) is 43.0 Å². The Hall–Kier alpha value is -4.08. The number of imidazole rings is 1. The number of aromatic nitrogens is 2. The lowest BCUT2D eigenvalue weighted by molar-refractivity contribution is -0.141. The van der Waals surface area contributed by atoms with Crippen LogP contribution in [0.25, 0.3) is 0 Å². The Morgan fingerprint density at radius 3 is 2.82 bits per heavy atom. The predicted molar refractivity (Wildman–Crippen MR) is 180 cm³/mol. The molecule has 8 rings (SSSR count). The Morgan fingerprint density at radius 1 is 1.27 bits per heavy atom. The first-order chi connectivity index (χ1) is 23.5. The van der Waals surface area contributed by atoms with Gasteiger partial charge in [-0.3, -0.25) is 19.2 Å². The second-order valence-corrected chi connectivity index (χ2v) is 15.3. The van der Waals surface area contributed by atoms with Crippen molar-refractivity contribution in [1.29, 1.82) is 0 Å². The Kier molecular flexibility index (Phi) is 8.86. The molecule has 1 aromatic carbocycles. The number of likely N-dealkylation sites (tertiary alicyclic amines) is 2. The van der Waals surface area contributed by atoms with Crippen molar-refractivity contribution in [2.45, 2.75) is 86.1 Å². The molecular formula is C34H43N7O7S. The van der Waals surface area contributed by atoms with Gasteiger partial charge in [0.05, 0.1) is 11.6 Å². The van der Waals surface area contributed by atoms with Crippen molar-refractivity contribution in [3.63, 3.8) is 0 Å². The fourth-order valence-electron chi connectivity index (χ4n) is 8.64. The van der Waals surface area contributed by atoms with Crippen molar-refractivity contribution in [2.75, 3.05) is 25.9 Å². The van der Waals surface area contributed by atoms with Crippen molar-refractivity contribution < 1.29 is 34.1 Å². The van der Waals surface area contributed by atoms with Crippen molar-refractivity contribution in [1.82, 2.24) is 30.4 Å². The summed E-state index contributed by atoms with van der Waals surface area (Å²) >= 11 is 1.39. The van der Waals surface area contributed by atoms with Crippen molar-refractivity contribution in [3.05, 3.63) is 53.6 Å². The van der Waals surface area contributed by atoms with E-state index in [0.29, 0.717) is 48.5 Å². The average molecular weight is 694 g/mol. The van der Waals surface area contributed by atoms with Gasteiger partial charge in [-0.15, -0.1) is 11.8 Å². The molecule has 5 heterocycles. The Balaban J connectivity index is 0.000000160. The summed E-state index contributed by atoms with van der Waals surface area (Å²) in [5.41, 5.74) is 8.38. The van der Waals surface area contributed by atoms with E-state index in [1.807, 2.05) is 12.1 Å². The largest absolute Gasteiger partial charge is 0.504 e. The molecule has 2 bridgehead atoms. The molecule has 15 heteroatoms. The zero-order valence-electron chi connectivity index (χ0n) is 27.5. The molecule has 0 saturated carbocycles. The molecule has 3 saturated heterocycles. The van der Waals surface area contributed by atoms with Crippen molar-refractivity contribution in [3.8, 4) is 11.5 Å². The van der Waals surface area contributed by atoms with Gasteiger partial charge in [-0.2, -0.15) is 0 Å². The number of nitrogens with zero attached hydrogens (tertiary/aromatic N) is 3. The normalized spacial score (nSPS) is 33.0. The third-order valence-electron chi connectivity index (χ3n) is 11.1. The van der Waals surface area contributed by atoms with Gasteiger partial charge in [0.15, 0.2) is 11.5 Å². The number of hydrogen-bond donors (Lipinski definition) is 6. The third kappa shape index (κ3) is 5.74. The zero-order valence-corrected chi connectivity index (χ0v) is 28.3. The molecular weight excluding hydrogens is 650 g/mol. The number of piperidine rings is 1. The van der Waals surface area contributed by atoms with E-state index in [4.69, 9.17) is 10.5 Å². The number of ether oxygens (including phenoxy) is 1. The molecule has 4 amide bonds. The SMILES string of the molecule is CN1CC[C@]23c4c5ccc(O)c4O[C@H]2[C@@H](O)C=C[C@H]3[C@H]1C5.C[C@H]1SC[C@@H](C(=O)N[C@@H](Cc2cnc[nH]2)C(=O)N2CCC[C@H]2C(N)=O)NC1=O. The number of aromatic hydroxyl groups is 1. The van der Waals surface area contributed by atoms with E-state index in [9.17, 15) is 29.4 Å². The Bertz CT molecular complexity index is 1670. The van der Waals surface area contributed by atoms with Crippen LogP contribution < -0.4 is 21.1 Å². The first-order valence-corrected chi connectivity index (χ1v) is 17.9. The molecule has 6 aliphatic rings. The van der Waals surface area contributed by atoms with Gasteiger partial charge in [0.1, 0.15) is 30.3 Å². The van der Waals surface area contributed by atoms with Gasteiger partial charge >= 0.3 is 0 Å². The molecule has 49 heavy (non-hydrogen) atoms. The molecule has 1 aromatic heterocycles. The number of benzene rings is 1. The highest BCUT2D eigenvalue weighted by molar-refractivity contribution is 8.00. The number of carbonyl (C=O) groups is 4. The van der Waals surface area contributed by atoms with Gasteiger partial charge in [0.25, 0.3) is 0 Å². The maximum absolute atomic E-state index is 13.1. The number of aliphatic hydroxyl groups excluding tert-OH is 1. The number of aromatic amines is 1. The number of likely N-dealkylation sites (N-methyl/N-ethyl adjacent to an activating group) is 1. The maximum atomic E-state index is 13.1. The molecule has 2 aromatic rings. The number of hydrogen-bond acceptors (Lipinski definition) is 10. The summed E-state index contributed by atoms with van der Waals surface area (Å²) in [5.74, 6) is 0.0582. The standard InChI is InChI=1S/C17H24N6O4S.C17H19NO3/c1-9-15(25)22-12(7-28-9)16(26)21-11(5-10-6-19-8-20-10)17(27)23-4-2-3-13(23)14(18)24;1-18-7-6-17-10-3-5-13(20)16(17)21-15-12(19)4-2-9(14(15)17)8-11(10)18/h6,8-9,11-13H,2-5,7H2,1H3,(H2,18,24)(H,19,20)(H,21,26)(H,22,25);2-5,10-11,13,16,19-20H,6-8H2,1H3/t9-,11+,12+,13+;10-,11+,13-,16-,17-/m10/s1. The van der Waals surface area contributed by atoms with Crippen LogP contribution in [0.15, 0.2) is 36.8 Å². The lowest BCUT2D eigenvalue weighted by Crippen LogP contribution is -2.64. The van der Waals surface area contributed by atoms with Crippen molar-refractivity contribution >= 4 is 35.4 Å². The number of phenolic OH excluding ortho intramolecular Hbond substituents is 1. The Morgan fingerprint density at radius 2 is 2.08 bits per heavy atom. The van der Waals surface area contributed by atoms with Crippen molar-refractivity contribution in [2.24, 2.45) is 11.7 Å². The van der Waals surface area contributed by atoms with Crippen LogP contribution >= 0.6 is 11.8 Å². The highest BCUT2D eigenvalue weighted by Gasteiger charge is 2.64. The molecule has 0 unspecified atom stereocenters. The van der Waals surface area contributed by atoms with E-state index in [-0.39, 0.29) is 40.8 Å². The quantitative estimate of drug-likeness (QED) is 0.219. The molecule has 4 aliphatic heterocycles. The van der Waals surface area contributed by atoms with E-state index < -0.39 is 36.0 Å². The average Bonchev–Trinajstić information content (AvgIpc) is 3.85. The summed E-state index contributed by atoms with van der Waals surface area (Å²) in [6.45, 7) is 3.20. The first kappa shape index (κ1) is 33.4. The zero-order chi connectivity index (χ0) is 34.6. The fraction of sp³-hybridized carbons (Fsp3) is 0.559. The second-order valence-electron chi connectivity index (χ2n) is 13.9. The minimum Gasteiger partial charge on any atom is -0.504 e. The predicted octanol–water partition coefficient (Wildman–Crippen LogP) is -0.268. The minimum absolute atomic E-state index is 0.160. The Labute approximate surface area is 288 Å². The molecule has 14 nitrogen and oxygen atoms in total. The van der Waals surface area contributed by atoms with Gasteiger partial charge in [-0.05, 0) is 57.8 Å². The number of nitrogens with one attached hydrogen (secondary N) is 3. The lowest BCUT2D eigenvalue weighted by atomic mass is 9.53. The monoisotopic (exact) mass is 693 g/mol. The minimum atomic E-state index is -0.894. The highest BCUT2D eigenvalue weighted by Crippen LogP contribution is 2.62. The van der Waals surface area contributed by atoms with Gasteiger partial charge < -0.3 is 46.1 Å². The number of primary amides is 1. The summed E-state index contributed by atoms with van der Waals surface area (Å²) in [5, 5.41) is 25.8. The number of carbonyl (C=O) groups excluding carboxylic acids is 4. The van der Waals surface area contributed by atoms with E-state index >= 15 is 0 Å². The second kappa shape index (κ2) is 13.0. The van der Waals surface area contributed by atoms with E-state index in [1.165, 1.54) is 34.1 Å². The van der Waals surface area contributed by atoms with Gasteiger partial charge in [-0.1, -0.05) is 18.2 Å². The third-order valence-corrected chi connectivity index (χ3v) is 12.4. The number of phenols is 1. The van der Waals surface area contributed by atoms with E-state index in [2.05, 4.69) is 38.6 Å². The maximum Gasteiger partial charge on any atom is 0.246 e. The number of aliphatic hydroxyl groups is 1. The summed E-state index contributed by atoms with van der Waals surface area (Å²) in [6.07, 6.45) is 9.62. The van der Waals surface area contributed by atoms with Crippen LogP contribution in [0.4, 0.5) is 0 Å². The molecule has 9 atom stereocenters. The highest BCUT2D eigenvalue weighted by atomic mass is 32.2. The summed E-state index contributed by atoms with van der Waals surface area (Å²) in [4.78, 5) is 60.0. The smallest absolute Gasteiger partial charge is 0.246 e. The lowest BCUT2D eigenvalue weighted by Gasteiger charge is -2.56. The summed E-state index contributed by atoms with van der Waals surface area (Å²) in [7, 11) is 2.19. The van der Waals surface area contributed by atoms with Crippen LogP contribution in [0.5, 0.6) is 11.5 Å². The number of thioether (sulfide) groups is 1. The fourth-order valence-corrected chi connectivity index (χ4v) is 9.58. The van der Waals surface area contributed by atoms with Gasteiger partial charge in [0, 0.05) is 53.5 Å². The number of nitrogens with two attached hydrogens (primary N) is 1. The molecule has 262 valence electrons. The number of H-pyrrole nitrogens is 1. The van der Waals surface area contributed by atoms with E-state index in [1.54, 1.807) is 19.2 Å². The molecule has 2 aliphatic carbocycles. The van der Waals surface area contributed by atoms with Crippen LogP contribution in [-0.4, -0.2) is 121 Å². The number of rotatable bonds is 6. The molecule has 7 N–H and O–H groups in total. The van der Waals surface area contributed by atoms with E-state index in [0.717, 1.165) is 19.4 Å². The molecule has 3 fully saturated rings. The van der Waals surface area contributed by atoms with Gasteiger partial charge in [-0.25, -0.2) is 4.98 Å². The number of amides is 4. The van der Waals surface area contributed by atoms with Gasteiger partial charge in [0.2, 0.25) is 23.6 Å². The molecule has 1 spiro atoms. The first-order valence-electron chi connectivity index (χ1n) is 16.9. The molecule has 0 radical (unpaired) electrons. The summed E-state index contributed by atoms with van der Waals surface area (Å²) in [6, 6.07) is 1.95. The van der Waals surface area contributed by atoms with Crippen LogP contribution in [-0.2, 0) is 37.4 Å². The van der Waals surface area contributed by atoms with Crippen LogP contribution in [0.2, 0.25) is 0 Å². The van der Waals surface area contributed by atoms with Crippen LogP contribution in [0, 0.1) is 5.92 Å². The van der Waals surface area contributed by atoms with Crippen LogP contribution in [0.3, 0.4) is 0 Å². The summed E-state index contributed by atoms with van der Waals surface area (Å²) < 4.78 is 6.09. The topological polar surface area (TPSA) is 203 Å².